The fourth-order valence-corrected chi connectivity index (χ4v) is 4.53. The smallest absolute Gasteiger partial charge is 0.218 e. The normalized spacial score (nSPS) is 18.0. The van der Waals surface area contributed by atoms with E-state index >= 15 is 0 Å². The molecule has 1 aromatic carbocycles. The van der Waals surface area contributed by atoms with Gasteiger partial charge in [0.15, 0.2) is 5.82 Å². The molecule has 0 N–H and O–H groups in total. The molecule has 8 nitrogen and oxygen atoms in total. The predicted octanol–water partition coefficient (Wildman–Crippen LogP) is 3.52. The van der Waals surface area contributed by atoms with Crippen molar-refractivity contribution in [3.8, 4) is 11.6 Å². The van der Waals surface area contributed by atoms with Crippen LogP contribution in [0.25, 0.3) is 10.9 Å². The van der Waals surface area contributed by atoms with Crippen LogP contribution in [0.3, 0.4) is 0 Å². The molecule has 30 heavy (non-hydrogen) atoms. The SMILES string of the molecule is CCOc1ccc2nc3c(cc2c1)CN(Cc1nnnn1C1CCCCC1)CCO3. The van der Waals surface area contributed by atoms with Crippen molar-refractivity contribution in [2.75, 3.05) is 19.8 Å². The summed E-state index contributed by atoms with van der Waals surface area (Å²) in [6.07, 6.45) is 6.18. The second-order valence-electron chi connectivity index (χ2n) is 8.13. The number of aromatic nitrogens is 5. The van der Waals surface area contributed by atoms with Crippen molar-refractivity contribution in [2.45, 2.75) is 58.2 Å². The van der Waals surface area contributed by atoms with Crippen molar-refractivity contribution in [3.05, 3.63) is 35.7 Å². The van der Waals surface area contributed by atoms with E-state index in [9.17, 15) is 0 Å². The highest BCUT2D eigenvalue weighted by Gasteiger charge is 2.23. The van der Waals surface area contributed by atoms with Gasteiger partial charge >= 0.3 is 0 Å². The summed E-state index contributed by atoms with van der Waals surface area (Å²) in [5, 5.41) is 13.7. The Hall–Kier alpha value is -2.74. The van der Waals surface area contributed by atoms with Gasteiger partial charge in [0, 0.05) is 24.0 Å². The molecule has 0 bridgehead atoms. The molecule has 0 radical (unpaired) electrons. The van der Waals surface area contributed by atoms with Crippen LogP contribution in [0.2, 0.25) is 0 Å². The zero-order valence-corrected chi connectivity index (χ0v) is 17.5. The highest BCUT2D eigenvalue weighted by molar-refractivity contribution is 5.81. The fraction of sp³-hybridized carbons (Fsp3) is 0.545. The van der Waals surface area contributed by atoms with Crippen molar-refractivity contribution >= 4 is 10.9 Å². The Balaban J connectivity index is 1.37. The number of rotatable bonds is 5. The third-order valence-corrected chi connectivity index (χ3v) is 6.02. The molecule has 5 rings (SSSR count). The van der Waals surface area contributed by atoms with Gasteiger partial charge in [-0.1, -0.05) is 19.3 Å². The van der Waals surface area contributed by atoms with E-state index in [-0.39, 0.29) is 0 Å². The van der Waals surface area contributed by atoms with E-state index in [0.717, 1.165) is 47.0 Å². The summed E-state index contributed by atoms with van der Waals surface area (Å²) in [4.78, 5) is 7.09. The first-order valence-electron chi connectivity index (χ1n) is 11.0. The van der Waals surface area contributed by atoms with Crippen LogP contribution >= 0.6 is 0 Å². The maximum atomic E-state index is 5.99. The van der Waals surface area contributed by atoms with E-state index in [1.807, 2.05) is 25.1 Å². The number of ether oxygens (including phenoxy) is 2. The molecule has 0 unspecified atom stereocenters. The van der Waals surface area contributed by atoms with Crippen LogP contribution < -0.4 is 9.47 Å². The lowest BCUT2D eigenvalue weighted by atomic mass is 9.95. The first kappa shape index (κ1) is 19.2. The summed E-state index contributed by atoms with van der Waals surface area (Å²) in [6, 6.07) is 8.60. The molecule has 1 saturated carbocycles. The molecular formula is C22H28N6O2. The summed E-state index contributed by atoms with van der Waals surface area (Å²) in [5.74, 6) is 2.53. The topological polar surface area (TPSA) is 78.2 Å². The molecule has 1 aliphatic carbocycles. The molecule has 158 valence electrons. The average molecular weight is 409 g/mol. The van der Waals surface area contributed by atoms with Gasteiger partial charge in [-0.2, -0.15) is 0 Å². The summed E-state index contributed by atoms with van der Waals surface area (Å²) in [6.45, 7) is 5.53. The number of fused-ring (bicyclic) bond motifs is 2. The second-order valence-corrected chi connectivity index (χ2v) is 8.13. The molecule has 2 aliphatic rings. The van der Waals surface area contributed by atoms with Crippen LogP contribution in [-0.2, 0) is 13.1 Å². The zero-order valence-electron chi connectivity index (χ0n) is 17.5. The third kappa shape index (κ3) is 3.96. The largest absolute Gasteiger partial charge is 0.494 e. The molecule has 8 heteroatoms. The van der Waals surface area contributed by atoms with Gasteiger partial charge in [0.1, 0.15) is 12.4 Å². The minimum absolute atomic E-state index is 0.432. The monoisotopic (exact) mass is 408 g/mol. The van der Waals surface area contributed by atoms with Crippen LogP contribution in [0.1, 0.15) is 56.5 Å². The highest BCUT2D eigenvalue weighted by atomic mass is 16.5. The Morgan fingerprint density at radius 1 is 1.17 bits per heavy atom. The van der Waals surface area contributed by atoms with E-state index in [2.05, 4.69) is 31.2 Å². The first-order valence-corrected chi connectivity index (χ1v) is 11.0. The Kier molecular flexibility index (Phi) is 5.48. The maximum absolute atomic E-state index is 5.99. The lowest BCUT2D eigenvalue weighted by molar-refractivity contribution is 0.205. The number of benzene rings is 1. The second kappa shape index (κ2) is 8.55. The fourth-order valence-electron chi connectivity index (χ4n) is 4.53. The molecule has 0 atom stereocenters. The van der Waals surface area contributed by atoms with Crippen molar-refractivity contribution in [1.82, 2.24) is 30.1 Å². The molecule has 3 heterocycles. The Morgan fingerprint density at radius 3 is 2.93 bits per heavy atom. The van der Waals surface area contributed by atoms with Gasteiger partial charge in [-0.15, -0.1) is 5.10 Å². The lowest BCUT2D eigenvalue weighted by Crippen LogP contribution is -2.28. The van der Waals surface area contributed by atoms with E-state index in [1.54, 1.807) is 0 Å². The number of nitrogens with zero attached hydrogens (tertiary/aromatic N) is 6. The quantitative estimate of drug-likeness (QED) is 0.639. The zero-order chi connectivity index (χ0) is 20.3. The third-order valence-electron chi connectivity index (χ3n) is 6.02. The summed E-state index contributed by atoms with van der Waals surface area (Å²) >= 11 is 0. The van der Waals surface area contributed by atoms with Gasteiger partial charge in [-0.05, 0) is 54.5 Å². The number of pyridine rings is 1. The van der Waals surface area contributed by atoms with Crippen LogP contribution in [-0.4, -0.2) is 49.8 Å². The molecule has 0 spiro atoms. The molecule has 0 amide bonds. The average Bonchev–Trinajstić information content (AvgIpc) is 3.13. The molecule has 1 fully saturated rings. The van der Waals surface area contributed by atoms with Gasteiger partial charge in [0.05, 0.1) is 24.7 Å². The van der Waals surface area contributed by atoms with E-state index in [0.29, 0.717) is 25.8 Å². The lowest BCUT2D eigenvalue weighted by Gasteiger charge is -2.24. The van der Waals surface area contributed by atoms with Crippen molar-refractivity contribution in [3.63, 3.8) is 0 Å². The van der Waals surface area contributed by atoms with E-state index in [4.69, 9.17) is 14.5 Å². The van der Waals surface area contributed by atoms with Crippen LogP contribution in [0.15, 0.2) is 24.3 Å². The van der Waals surface area contributed by atoms with Gasteiger partial charge in [-0.3, -0.25) is 4.90 Å². The summed E-state index contributed by atoms with van der Waals surface area (Å²) in [5.41, 5.74) is 2.01. The minimum Gasteiger partial charge on any atom is -0.494 e. The Labute approximate surface area is 176 Å². The van der Waals surface area contributed by atoms with Gasteiger partial charge in [-0.25, -0.2) is 9.67 Å². The summed E-state index contributed by atoms with van der Waals surface area (Å²) in [7, 11) is 0. The van der Waals surface area contributed by atoms with Crippen LogP contribution in [0.4, 0.5) is 0 Å². The molecule has 3 aromatic rings. The highest BCUT2D eigenvalue weighted by Crippen LogP contribution is 2.30. The standard InChI is InChI=1S/C22H28N6O2/c1-2-29-19-8-9-20-16(13-19)12-17-14-27(10-11-30-22(17)23-20)15-21-24-25-26-28(21)18-6-4-3-5-7-18/h8-9,12-13,18H,2-7,10-11,14-15H2,1H3. The van der Waals surface area contributed by atoms with Gasteiger partial charge in [0.25, 0.3) is 0 Å². The molecular weight excluding hydrogens is 380 g/mol. The minimum atomic E-state index is 0.432. The first-order chi connectivity index (χ1) is 14.8. The van der Waals surface area contributed by atoms with Gasteiger partial charge < -0.3 is 9.47 Å². The van der Waals surface area contributed by atoms with Crippen LogP contribution in [0, 0.1) is 0 Å². The van der Waals surface area contributed by atoms with E-state index in [1.165, 1.54) is 32.1 Å². The number of hydrogen-bond donors (Lipinski definition) is 0. The van der Waals surface area contributed by atoms with E-state index < -0.39 is 0 Å². The predicted molar refractivity (Wildman–Crippen MR) is 112 cm³/mol. The van der Waals surface area contributed by atoms with Gasteiger partial charge in [0.2, 0.25) is 5.88 Å². The molecule has 2 aromatic heterocycles. The van der Waals surface area contributed by atoms with Crippen molar-refractivity contribution in [1.29, 1.82) is 0 Å². The molecule has 1 aliphatic heterocycles. The number of tetrazole rings is 1. The maximum Gasteiger partial charge on any atom is 0.218 e. The van der Waals surface area contributed by atoms with Crippen molar-refractivity contribution < 1.29 is 9.47 Å². The Morgan fingerprint density at radius 2 is 2.07 bits per heavy atom. The summed E-state index contributed by atoms with van der Waals surface area (Å²) < 4.78 is 13.7. The molecule has 0 saturated heterocycles. The Bertz CT molecular complexity index is 1010. The van der Waals surface area contributed by atoms with Crippen molar-refractivity contribution in [2.24, 2.45) is 0 Å². The number of hydrogen-bond acceptors (Lipinski definition) is 7. The van der Waals surface area contributed by atoms with Crippen LogP contribution in [0.5, 0.6) is 11.6 Å².